The first-order chi connectivity index (χ1) is 9.24. The van der Waals surface area contributed by atoms with Crippen molar-refractivity contribution in [3.63, 3.8) is 0 Å². The molecule has 0 amide bonds. The number of benzene rings is 1. The van der Waals surface area contributed by atoms with Crippen LogP contribution in [0, 0.1) is 6.92 Å². The van der Waals surface area contributed by atoms with Crippen LogP contribution in [0.1, 0.15) is 5.56 Å². The fourth-order valence-electron chi connectivity index (χ4n) is 2.20. The predicted octanol–water partition coefficient (Wildman–Crippen LogP) is 3.18. The molecule has 100 valence electrons. The van der Waals surface area contributed by atoms with Gasteiger partial charge in [0.2, 0.25) is 0 Å². The van der Waals surface area contributed by atoms with Crippen molar-refractivity contribution in [1.29, 1.82) is 0 Å². The lowest BCUT2D eigenvalue weighted by Gasteiger charge is -2.26. The minimum Gasteiger partial charge on any atom is -0.346 e. The van der Waals surface area contributed by atoms with Gasteiger partial charge < -0.3 is 10.2 Å². The third kappa shape index (κ3) is 2.76. The molecule has 0 atom stereocenters. The van der Waals surface area contributed by atoms with E-state index < -0.39 is 0 Å². The lowest BCUT2D eigenvalue weighted by Crippen LogP contribution is -2.43. The molecule has 1 aliphatic rings. The number of aryl methyl sites for hydroxylation is 1. The molecule has 5 heteroatoms. The number of hydrogen-bond acceptors (Lipinski definition) is 4. The molecule has 1 aliphatic heterocycles. The maximum absolute atomic E-state index is 6.06. The Labute approximate surface area is 122 Å². The molecule has 1 aromatic carbocycles. The second-order valence-corrected chi connectivity index (χ2v) is 5.96. The zero-order valence-corrected chi connectivity index (χ0v) is 12.4. The molecule has 0 saturated carbocycles. The Morgan fingerprint density at radius 2 is 2.11 bits per heavy atom. The minimum atomic E-state index is 0.807. The number of nitrogens with zero attached hydrogens (tertiary/aromatic N) is 2. The average molecular weight is 294 g/mol. The zero-order valence-electron chi connectivity index (χ0n) is 10.8. The summed E-state index contributed by atoms with van der Waals surface area (Å²) in [4.78, 5) is 7.09. The smallest absolute Gasteiger partial charge is 0.185 e. The van der Waals surface area contributed by atoms with Crippen molar-refractivity contribution >= 4 is 28.1 Å². The van der Waals surface area contributed by atoms with Crippen LogP contribution in [-0.4, -0.2) is 31.2 Å². The summed E-state index contributed by atoms with van der Waals surface area (Å²) in [6, 6.07) is 6.07. The standard InChI is InChI=1S/C14H16ClN3S/c1-10-8-11(2-3-12(10)15)13-9-19-14(17-13)18-6-4-16-5-7-18/h2-3,8-9,16H,4-7H2,1H3. The van der Waals surface area contributed by atoms with E-state index >= 15 is 0 Å². The van der Waals surface area contributed by atoms with Crippen LogP contribution in [0.3, 0.4) is 0 Å². The van der Waals surface area contributed by atoms with E-state index in [1.165, 1.54) is 0 Å². The van der Waals surface area contributed by atoms with E-state index in [1.54, 1.807) is 11.3 Å². The summed E-state index contributed by atoms with van der Waals surface area (Å²) in [6.45, 7) is 6.17. The van der Waals surface area contributed by atoms with Crippen molar-refractivity contribution in [2.24, 2.45) is 0 Å². The number of hydrogen-bond donors (Lipinski definition) is 1. The number of nitrogens with one attached hydrogen (secondary N) is 1. The van der Waals surface area contributed by atoms with Crippen molar-refractivity contribution in [2.45, 2.75) is 6.92 Å². The van der Waals surface area contributed by atoms with E-state index in [0.29, 0.717) is 0 Å². The Morgan fingerprint density at radius 1 is 1.32 bits per heavy atom. The normalized spacial score (nSPS) is 15.8. The summed E-state index contributed by atoms with van der Waals surface area (Å²) in [5.74, 6) is 0. The highest BCUT2D eigenvalue weighted by Crippen LogP contribution is 2.29. The molecule has 1 N–H and O–H groups in total. The molecule has 0 radical (unpaired) electrons. The van der Waals surface area contributed by atoms with Gasteiger partial charge >= 0.3 is 0 Å². The van der Waals surface area contributed by atoms with E-state index in [0.717, 1.165) is 53.2 Å². The molecule has 1 fully saturated rings. The average Bonchev–Trinajstić information content (AvgIpc) is 2.93. The van der Waals surface area contributed by atoms with Gasteiger partial charge in [0.15, 0.2) is 5.13 Å². The van der Waals surface area contributed by atoms with Crippen LogP contribution in [0.5, 0.6) is 0 Å². The maximum Gasteiger partial charge on any atom is 0.185 e. The Morgan fingerprint density at radius 3 is 2.84 bits per heavy atom. The van der Waals surface area contributed by atoms with E-state index in [-0.39, 0.29) is 0 Å². The first-order valence-electron chi connectivity index (χ1n) is 6.42. The summed E-state index contributed by atoms with van der Waals surface area (Å²) >= 11 is 7.78. The molecule has 0 spiro atoms. The van der Waals surface area contributed by atoms with Gasteiger partial charge in [0, 0.05) is 42.1 Å². The molecule has 0 aliphatic carbocycles. The topological polar surface area (TPSA) is 28.2 Å². The molecule has 3 rings (SSSR count). The Bertz CT molecular complexity index is 576. The highest BCUT2D eigenvalue weighted by atomic mass is 35.5. The van der Waals surface area contributed by atoms with Crippen LogP contribution in [-0.2, 0) is 0 Å². The van der Waals surface area contributed by atoms with Gasteiger partial charge in [-0.05, 0) is 24.6 Å². The van der Waals surface area contributed by atoms with E-state index in [1.807, 2.05) is 19.1 Å². The van der Waals surface area contributed by atoms with E-state index in [9.17, 15) is 0 Å². The Balaban J connectivity index is 1.85. The van der Waals surface area contributed by atoms with Crippen LogP contribution in [0.4, 0.5) is 5.13 Å². The SMILES string of the molecule is Cc1cc(-c2csc(N3CCNCC3)n2)ccc1Cl. The maximum atomic E-state index is 6.06. The molecule has 2 heterocycles. The number of thiazole rings is 1. The molecular weight excluding hydrogens is 278 g/mol. The molecule has 1 saturated heterocycles. The molecule has 19 heavy (non-hydrogen) atoms. The van der Waals surface area contributed by atoms with Gasteiger partial charge in [0.25, 0.3) is 0 Å². The van der Waals surface area contributed by atoms with Gasteiger partial charge in [-0.1, -0.05) is 17.7 Å². The number of anilines is 1. The van der Waals surface area contributed by atoms with Crippen LogP contribution in [0.2, 0.25) is 5.02 Å². The fourth-order valence-corrected chi connectivity index (χ4v) is 3.21. The number of halogens is 1. The zero-order chi connectivity index (χ0) is 13.2. The summed E-state index contributed by atoms with van der Waals surface area (Å²) < 4.78 is 0. The lowest BCUT2D eigenvalue weighted by molar-refractivity contribution is 0.588. The van der Waals surface area contributed by atoms with Gasteiger partial charge in [-0.15, -0.1) is 11.3 Å². The molecule has 2 aromatic rings. The lowest BCUT2D eigenvalue weighted by atomic mass is 10.1. The van der Waals surface area contributed by atoms with E-state index in [4.69, 9.17) is 16.6 Å². The molecule has 1 aromatic heterocycles. The first kappa shape index (κ1) is 12.9. The van der Waals surface area contributed by atoms with Crippen molar-refractivity contribution in [2.75, 3.05) is 31.1 Å². The largest absolute Gasteiger partial charge is 0.346 e. The third-order valence-corrected chi connectivity index (χ3v) is 4.66. The van der Waals surface area contributed by atoms with Crippen LogP contribution < -0.4 is 10.2 Å². The number of rotatable bonds is 2. The third-order valence-electron chi connectivity index (χ3n) is 3.33. The Kier molecular flexibility index (Phi) is 3.73. The molecule has 0 unspecified atom stereocenters. The van der Waals surface area contributed by atoms with E-state index in [2.05, 4.69) is 21.7 Å². The molecule has 3 nitrogen and oxygen atoms in total. The van der Waals surface area contributed by atoms with Crippen LogP contribution in [0.25, 0.3) is 11.3 Å². The van der Waals surface area contributed by atoms with Gasteiger partial charge in [-0.2, -0.15) is 0 Å². The van der Waals surface area contributed by atoms with Crippen LogP contribution >= 0.6 is 22.9 Å². The first-order valence-corrected chi connectivity index (χ1v) is 7.67. The van der Waals surface area contributed by atoms with Crippen molar-refractivity contribution in [1.82, 2.24) is 10.3 Å². The monoisotopic (exact) mass is 293 g/mol. The fraction of sp³-hybridized carbons (Fsp3) is 0.357. The summed E-state index contributed by atoms with van der Waals surface area (Å²) in [5.41, 5.74) is 3.27. The highest BCUT2D eigenvalue weighted by molar-refractivity contribution is 7.14. The quantitative estimate of drug-likeness (QED) is 0.922. The molecular formula is C14H16ClN3S. The van der Waals surface area contributed by atoms with Crippen molar-refractivity contribution in [3.8, 4) is 11.3 Å². The number of aromatic nitrogens is 1. The van der Waals surface area contributed by atoms with Gasteiger partial charge in [-0.25, -0.2) is 4.98 Å². The van der Waals surface area contributed by atoms with Crippen molar-refractivity contribution in [3.05, 3.63) is 34.2 Å². The van der Waals surface area contributed by atoms with Gasteiger partial charge in [-0.3, -0.25) is 0 Å². The van der Waals surface area contributed by atoms with Gasteiger partial charge in [0.1, 0.15) is 0 Å². The summed E-state index contributed by atoms with van der Waals surface area (Å²) in [7, 11) is 0. The minimum absolute atomic E-state index is 0.807. The van der Waals surface area contributed by atoms with Gasteiger partial charge in [0.05, 0.1) is 5.69 Å². The predicted molar refractivity (Wildman–Crippen MR) is 82.4 cm³/mol. The number of piperazine rings is 1. The second-order valence-electron chi connectivity index (χ2n) is 4.72. The highest BCUT2D eigenvalue weighted by Gasteiger charge is 2.14. The Hall–Kier alpha value is -1.10. The summed E-state index contributed by atoms with van der Waals surface area (Å²) in [5, 5.41) is 7.40. The van der Waals surface area contributed by atoms with Crippen LogP contribution in [0.15, 0.2) is 23.6 Å². The second kappa shape index (κ2) is 5.49. The summed E-state index contributed by atoms with van der Waals surface area (Å²) in [6.07, 6.45) is 0. The van der Waals surface area contributed by atoms with Crippen molar-refractivity contribution < 1.29 is 0 Å². The molecule has 0 bridgehead atoms.